The number of aromatic nitrogens is 2. The largest absolute Gasteiger partial charge is 0.481 e. The van der Waals surface area contributed by atoms with Crippen LogP contribution in [0.4, 0.5) is 0 Å². The molecule has 1 fully saturated rings. The van der Waals surface area contributed by atoms with Gasteiger partial charge < -0.3 is 96.0 Å². The number of aromatic amines is 1. The number of primary amides is 1. The highest BCUT2D eigenvalue weighted by atomic mass is 32.2. The number of hydrogen-bond acceptors (Lipinski definition) is 20. The number of H-pyrrole nitrogens is 1. The summed E-state index contributed by atoms with van der Waals surface area (Å²) >= 11 is 1.30. The minimum atomic E-state index is -1.95. The van der Waals surface area contributed by atoms with Crippen LogP contribution in [0.1, 0.15) is 150 Å². The highest BCUT2D eigenvalue weighted by molar-refractivity contribution is 8.14. The molecule has 3 heterocycles. The van der Waals surface area contributed by atoms with Gasteiger partial charge in [0, 0.05) is 49.9 Å². The lowest BCUT2D eigenvalue weighted by Gasteiger charge is -2.31. The van der Waals surface area contributed by atoms with Gasteiger partial charge in [0.15, 0.2) is 0 Å². The molecule has 21 N–H and O–H groups in total. The quantitative estimate of drug-likeness (QED) is 0.0369. The number of nitrogens with two attached hydrogens (primary N) is 3. The summed E-state index contributed by atoms with van der Waals surface area (Å²) in [6, 6.07) is -9.03. The molecule has 34 nitrogen and oxygen atoms in total. The highest BCUT2D eigenvalue weighted by Crippen LogP contribution is 2.25. The summed E-state index contributed by atoms with van der Waals surface area (Å²) in [7, 11) is 0. The van der Waals surface area contributed by atoms with Crippen LogP contribution < -0.4 is 75.7 Å². The number of benzene rings is 1. The lowest BCUT2D eigenvalue weighted by molar-refractivity contribution is -0.142. The van der Waals surface area contributed by atoms with E-state index in [1.807, 2.05) is 13.8 Å². The molecule has 35 heteroatoms. The summed E-state index contributed by atoms with van der Waals surface area (Å²) in [5.74, 6) is -15.9. The Balaban J connectivity index is 1.78. The molecule has 12 amide bonds. The molecule has 0 unspecified atom stereocenters. The number of amides is 12. The molecule has 1 aromatic heterocycles. The van der Waals surface area contributed by atoms with Crippen LogP contribution in [0.3, 0.4) is 0 Å². The van der Waals surface area contributed by atoms with E-state index in [4.69, 9.17) is 17.2 Å². The van der Waals surface area contributed by atoms with Crippen molar-refractivity contribution < 1.29 is 82.4 Å². The lowest BCUT2D eigenvalue weighted by atomic mass is 9.96. The predicted octanol–water partition coefficient (Wildman–Crippen LogP) is -2.56. The predicted molar refractivity (Wildman–Crippen MR) is 371 cm³/mol. The maximum absolute atomic E-state index is 14.9. The van der Waals surface area contributed by atoms with Gasteiger partial charge >= 0.3 is 11.9 Å². The first-order chi connectivity index (χ1) is 47.7. The maximum atomic E-state index is 14.9. The van der Waals surface area contributed by atoms with E-state index in [9.17, 15) is 82.4 Å². The van der Waals surface area contributed by atoms with Crippen LogP contribution in [0.15, 0.2) is 47.8 Å². The van der Waals surface area contributed by atoms with Crippen LogP contribution >= 0.6 is 11.8 Å². The number of rotatable bonds is 31. The van der Waals surface area contributed by atoms with Crippen molar-refractivity contribution in [2.45, 2.75) is 230 Å². The smallest absolute Gasteiger partial charge is 0.305 e. The number of carboxylic acid groups (broad SMARTS) is 2. The molecule has 0 spiro atoms. The maximum Gasteiger partial charge on any atom is 0.305 e. The number of hydrogen-bond donors (Lipinski definition) is 18. The van der Waals surface area contributed by atoms with Crippen LogP contribution in [0.5, 0.6) is 0 Å². The summed E-state index contributed by atoms with van der Waals surface area (Å²) in [4.78, 5) is 207. The van der Waals surface area contributed by atoms with E-state index in [1.54, 1.807) is 58.0 Å². The Bertz CT molecular complexity index is 3210. The van der Waals surface area contributed by atoms with Crippen molar-refractivity contribution in [2.24, 2.45) is 39.9 Å². The molecule has 0 saturated carbocycles. The number of nitrogens with zero attached hydrogens (tertiary/aromatic N) is 2. The second kappa shape index (κ2) is 41.6. The summed E-state index contributed by atoms with van der Waals surface area (Å²) in [5.41, 5.74) is 17.1. The molecule has 101 heavy (non-hydrogen) atoms. The van der Waals surface area contributed by atoms with Gasteiger partial charge in [0.2, 0.25) is 70.9 Å². The molecule has 0 radical (unpaired) electrons. The number of carboxylic acids is 2. The fourth-order valence-corrected chi connectivity index (χ4v) is 12.0. The fraction of sp³-hybridized carbons (Fsp3) is 0.636. The Labute approximate surface area is 590 Å². The number of thioether (sulfide) groups is 1. The van der Waals surface area contributed by atoms with Gasteiger partial charge in [-0.3, -0.25) is 72.1 Å². The van der Waals surface area contributed by atoms with Gasteiger partial charge in [0.05, 0.1) is 35.9 Å². The van der Waals surface area contributed by atoms with E-state index in [2.05, 4.69) is 73.4 Å². The van der Waals surface area contributed by atoms with E-state index < -0.39 is 198 Å². The molecule has 2 aliphatic rings. The topological polar surface area (TPSA) is 551 Å². The van der Waals surface area contributed by atoms with E-state index in [0.717, 1.165) is 6.42 Å². The third kappa shape index (κ3) is 28.5. The lowest BCUT2D eigenvalue weighted by Crippen LogP contribution is -2.62. The van der Waals surface area contributed by atoms with Crippen molar-refractivity contribution in [1.82, 2.24) is 68.5 Å². The SMILES string of the molecule is CC[C@H](C)[C@H](N)C1=N[C@H](C(=O)N[C@@H](CC(C)(C)O)C(=O)N[C@H](CCC(=O)O)C(=O)N[C@H](C(=O)N[C@H]2CCCCNC(=O)[C@H](CC(N)=O)NC(=O)[C@@H](CC(=O)O)NC(=O)[C@H](Cc3cnc[nH]3)NC(=O)[C@@H](Cc3ccccc3)NC(=O)[C@H]([C@@H](C)CC)NC(=O)[C@@H](CCCN)NC2=O)[C@@H](C)CC)CS1. The Morgan fingerprint density at radius 2 is 1.28 bits per heavy atom. The Morgan fingerprint density at radius 3 is 1.86 bits per heavy atom. The van der Waals surface area contributed by atoms with Crippen LogP contribution in [0, 0.1) is 17.8 Å². The number of aliphatic carboxylic acids is 2. The van der Waals surface area contributed by atoms with Crippen molar-refractivity contribution >= 4 is 99.6 Å². The molecule has 2 aliphatic heterocycles. The van der Waals surface area contributed by atoms with Crippen LogP contribution in [-0.4, -0.2) is 210 Å². The van der Waals surface area contributed by atoms with Crippen molar-refractivity contribution in [3.05, 3.63) is 54.1 Å². The number of carbonyl (C=O) groups is 14. The zero-order valence-electron chi connectivity index (χ0n) is 58.5. The average molecular weight is 1440 g/mol. The zero-order valence-corrected chi connectivity index (χ0v) is 59.3. The van der Waals surface area contributed by atoms with Crippen LogP contribution in [0.25, 0.3) is 0 Å². The van der Waals surface area contributed by atoms with Crippen LogP contribution in [-0.2, 0) is 80.0 Å². The molecule has 15 atom stereocenters. The number of imidazole rings is 1. The Kier molecular flexibility index (Phi) is 34.7. The summed E-state index contributed by atoms with van der Waals surface area (Å²) in [6.45, 7) is 13.1. The minimum absolute atomic E-state index is 0.00345. The van der Waals surface area contributed by atoms with E-state index >= 15 is 0 Å². The van der Waals surface area contributed by atoms with Gasteiger partial charge in [-0.05, 0) is 82.2 Å². The first-order valence-electron chi connectivity index (χ1n) is 34.1. The van der Waals surface area contributed by atoms with E-state index in [-0.39, 0.29) is 94.7 Å². The van der Waals surface area contributed by atoms with Gasteiger partial charge in [-0.2, -0.15) is 0 Å². The molecule has 4 rings (SSSR count). The second-order valence-electron chi connectivity index (χ2n) is 26.3. The Morgan fingerprint density at radius 1 is 0.683 bits per heavy atom. The molecule has 2 aromatic rings. The molecular formula is C66H103N17O17S. The number of aliphatic hydroxyl groups is 1. The minimum Gasteiger partial charge on any atom is -0.481 e. The average Bonchev–Trinajstić information content (AvgIpc) is 1.71. The number of aliphatic imine (C=N–C) groups is 1. The molecule has 1 saturated heterocycles. The van der Waals surface area contributed by atoms with Crippen molar-refractivity contribution in [3.63, 3.8) is 0 Å². The second-order valence-corrected chi connectivity index (χ2v) is 27.4. The monoisotopic (exact) mass is 1440 g/mol. The first-order valence-corrected chi connectivity index (χ1v) is 35.1. The third-order valence-electron chi connectivity index (χ3n) is 17.5. The van der Waals surface area contributed by atoms with Gasteiger partial charge in [0.1, 0.15) is 66.5 Å². The van der Waals surface area contributed by atoms with Crippen LogP contribution in [0.2, 0.25) is 0 Å². The number of carbonyl (C=O) groups excluding carboxylic acids is 12. The van der Waals surface area contributed by atoms with Gasteiger partial charge in [-0.25, -0.2) is 4.98 Å². The van der Waals surface area contributed by atoms with Gasteiger partial charge in [-0.1, -0.05) is 91.1 Å². The standard InChI is InChI=1S/C66H103N17O17S/c1-9-34(4)51(69)65-81-47(32-101-65)62(97)80-46(30-66(7,8)100)61(96)74-41(22-23-49(85)86)57(92)83-52(35(5)10-2)63(98)75-39-20-15-16-25-71-54(89)44(28-48(68)84)77-60(95)45(29-50(87)88)78-59(94)43(27-38-31-70-33-72-38)76-58(93)42(26-37-18-13-12-14-19-37)79-64(99)53(36(6)11-3)82-56(91)40(21-17-24-67)73-55(39)90/h12-14,18-19,31,33-36,39-47,51-53,100H,9-11,15-17,20-30,32,67,69H2,1-8H3,(H2,68,84)(H,70,72)(H,71,89)(H,73,90)(H,74,96)(H,75,98)(H,76,93)(H,77,95)(H,78,94)(H,79,99)(H,80,97)(H,82,91)(H,83,92)(H,85,86)(H,87,88)/t34-,35-,36-,39-,40+,41+,42+,43-,44-,45+,46-,47-,51-,52-,53-/m0/s1. The molecular weight excluding hydrogens is 1330 g/mol. The summed E-state index contributed by atoms with van der Waals surface area (Å²) < 4.78 is 0. The third-order valence-corrected chi connectivity index (χ3v) is 18.6. The zero-order chi connectivity index (χ0) is 75.3. The molecule has 0 bridgehead atoms. The van der Waals surface area contributed by atoms with Gasteiger partial charge in [-0.15, -0.1) is 11.8 Å². The highest BCUT2D eigenvalue weighted by Gasteiger charge is 2.40. The summed E-state index contributed by atoms with van der Waals surface area (Å²) in [6.07, 6.45) is -0.435. The summed E-state index contributed by atoms with van der Waals surface area (Å²) in [5, 5.41) is 59.6. The Hall–Kier alpha value is -9.09. The first kappa shape index (κ1) is 84.3. The molecule has 1 aromatic carbocycles. The van der Waals surface area contributed by atoms with Crippen molar-refractivity contribution in [1.29, 1.82) is 0 Å². The fourth-order valence-electron chi connectivity index (χ4n) is 10.9. The van der Waals surface area contributed by atoms with Gasteiger partial charge in [0.25, 0.3) is 0 Å². The van der Waals surface area contributed by atoms with Crippen molar-refractivity contribution in [3.8, 4) is 0 Å². The molecule has 560 valence electrons. The van der Waals surface area contributed by atoms with Crippen molar-refractivity contribution in [2.75, 3.05) is 18.8 Å². The normalized spacial score (nSPS) is 23.2. The molecule has 0 aliphatic carbocycles. The number of nitrogens with one attached hydrogen (secondary N) is 12. The van der Waals surface area contributed by atoms with E-state index in [0.29, 0.717) is 10.6 Å². The van der Waals surface area contributed by atoms with E-state index in [1.165, 1.54) is 38.1 Å².